The standard InChI is InChI=1S/C35H46F3N5O5.C11H17NO3/c1-22(45)32(46)43(19-24-16-39-17-28(24)38)30(34(2,3)13-14-48-33(47)41-35(4,5)21-44)31-40-29(26-15-25(36)11-12-27(26)37)20-42(31)18-23-9-7-6-8-10-23;1-9(2)5-7-15-8-6-12-10(13)3-4-11(12)14/h6-12,15,20,22,24,28,30,39,44-45H,13-14,16-19,21H2,1-5H3,(H,41,47);3-4,9H,5-8H2,1-2H3/t22-,24?,28?,30?;/m0./s1. The fraction of sp³-hybridized carbons (Fsp3) is 0.543. The van der Waals surface area contributed by atoms with Gasteiger partial charge in [-0.2, -0.15) is 0 Å². The second-order valence-corrected chi connectivity index (χ2v) is 17.7. The largest absolute Gasteiger partial charge is 0.450 e. The maximum Gasteiger partial charge on any atom is 0.407 e. The lowest BCUT2D eigenvalue weighted by Crippen LogP contribution is -2.50. The van der Waals surface area contributed by atoms with Crippen LogP contribution in [0.2, 0.25) is 0 Å². The Bertz CT molecular complexity index is 2010. The summed E-state index contributed by atoms with van der Waals surface area (Å²) in [5, 5.41) is 25.7. The third kappa shape index (κ3) is 14.7. The highest BCUT2D eigenvalue weighted by Crippen LogP contribution is 2.43. The molecule has 2 aromatic carbocycles. The lowest BCUT2D eigenvalue weighted by Gasteiger charge is -2.43. The highest BCUT2D eigenvalue weighted by molar-refractivity contribution is 6.12. The van der Waals surface area contributed by atoms with Crippen LogP contribution in [-0.4, -0.2) is 124 Å². The molecule has 1 saturated heterocycles. The Kier molecular flexibility index (Phi) is 18.5. The van der Waals surface area contributed by atoms with E-state index in [1.807, 2.05) is 44.2 Å². The Morgan fingerprint density at radius 2 is 1.68 bits per heavy atom. The first-order chi connectivity index (χ1) is 29.7. The molecule has 0 radical (unpaired) electrons. The van der Waals surface area contributed by atoms with Crippen molar-refractivity contribution in [3.8, 4) is 11.3 Å². The number of alkyl carbamates (subject to hydrolysis) is 1. The zero-order valence-corrected chi connectivity index (χ0v) is 37.3. The maximum atomic E-state index is 15.1. The predicted molar refractivity (Wildman–Crippen MR) is 231 cm³/mol. The Morgan fingerprint density at radius 1 is 1.00 bits per heavy atom. The molecule has 0 saturated carbocycles. The van der Waals surface area contributed by atoms with E-state index in [-0.39, 0.29) is 62.3 Å². The summed E-state index contributed by atoms with van der Waals surface area (Å²) in [5.74, 6) is -2.18. The van der Waals surface area contributed by atoms with Gasteiger partial charge in [0.05, 0.1) is 43.6 Å². The number of nitrogens with one attached hydrogen (secondary N) is 2. The zero-order valence-electron chi connectivity index (χ0n) is 37.3. The number of hydrogen-bond donors (Lipinski definition) is 4. The van der Waals surface area contributed by atoms with Crippen LogP contribution >= 0.6 is 0 Å². The van der Waals surface area contributed by atoms with Crippen molar-refractivity contribution in [2.75, 3.05) is 52.6 Å². The summed E-state index contributed by atoms with van der Waals surface area (Å²) in [6.45, 7) is 14.2. The van der Waals surface area contributed by atoms with E-state index >= 15 is 8.78 Å². The van der Waals surface area contributed by atoms with Crippen molar-refractivity contribution < 1.29 is 52.0 Å². The third-order valence-electron chi connectivity index (χ3n) is 10.8. The monoisotopic (exact) mass is 884 g/mol. The number of alkyl halides is 1. The smallest absolute Gasteiger partial charge is 0.407 e. The number of carbonyl (C=O) groups is 4. The summed E-state index contributed by atoms with van der Waals surface area (Å²) in [7, 11) is 0. The molecule has 346 valence electrons. The molecule has 4 N–H and O–H groups in total. The van der Waals surface area contributed by atoms with E-state index in [4.69, 9.17) is 14.5 Å². The van der Waals surface area contributed by atoms with E-state index in [9.17, 15) is 33.8 Å². The molecule has 0 bridgehead atoms. The number of amides is 4. The minimum absolute atomic E-state index is 0.0696. The molecule has 4 amide bonds. The summed E-state index contributed by atoms with van der Waals surface area (Å²) in [6, 6.07) is 11.5. The first-order valence-corrected chi connectivity index (χ1v) is 21.3. The summed E-state index contributed by atoms with van der Waals surface area (Å²) in [6.07, 6.45) is 1.90. The normalized spacial score (nSPS) is 17.4. The molecule has 0 spiro atoms. The molecule has 3 unspecified atom stereocenters. The molecule has 3 aromatic rings. The number of halogens is 3. The van der Waals surface area contributed by atoms with Crippen LogP contribution in [0.3, 0.4) is 0 Å². The number of rotatable bonds is 20. The van der Waals surface area contributed by atoms with Crippen molar-refractivity contribution in [2.45, 2.75) is 91.7 Å². The minimum atomic E-state index is -1.45. The Labute approximate surface area is 367 Å². The molecule has 2 aliphatic rings. The number of nitrogens with zero attached hydrogens (tertiary/aromatic N) is 4. The van der Waals surface area contributed by atoms with E-state index in [1.165, 1.54) is 28.9 Å². The molecular weight excluding hydrogens is 822 g/mol. The van der Waals surface area contributed by atoms with Crippen molar-refractivity contribution in [1.29, 1.82) is 0 Å². The molecule has 3 heterocycles. The fourth-order valence-corrected chi connectivity index (χ4v) is 7.11. The summed E-state index contributed by atoms with van der Waals surface area (Å²) >= 11 is 0. The van der Waals surface area contributed by atoms with Crippen molar-refractivity contribution in [2.24, 2.45) is 17.3 Å². The van der Waals surface area contributed by atoms with E-state index < -0.39 is 58.8 Å². The van der Waals surface area contributed by atoms with Crippen molar-refractivity contribution in [1.82, 2.24) is 30.0 Å². The van der Waals surface area contributed by atoms with Gasteiger partial charge in [-0.1, -0.05) is 58.0 Å². The molecule has 2 aliphatic heterocycles. The first kappa shape index (κ1) is 50.5. The maximum absolute atomic E-state index is 15.1. The molecule has 1 aromatic heterocycles. The van der Waals surface area contributed by atoms with Crippen LogP contribution in [-0.2, 0) is 30.4 Å². The molecule has 1 fully saturated rings. The molecule has 5 rings (SSSR count). The van der Waals surface area contributed by atoms with Gasteiger partial charge in [0, 0.05) is 62.6 Å². The zero-order chi connectivity index (χ0) is 46.5. The van der Waals surface area contributed by atoms with Crippen LogP contribution in [0.25, 0.3) is 11.3 Å². The predicted octanol–water partition coefficient (Wildman–Crippen LogP) is 5.57. The lowest BCUT2D eigenvalue weighted by atomic mass is 9.79. The van der Waals surface area contributed by atoms with Crippen LogP contribution in [0.15, 0.2) is 66.9 Å². The van der Waals surface area contributed by atoms with E-state index in [0.29, 0.717) is 38.0 Å². The number of hydrogen-bond acceptors (Lipinski definition) is 10. The summed E-state index contributed by atoms with van der Waals surface area (Å²) in [5.41, 5.74) is -0.965. The number of benzene rings is 2. The SMILES string of the molecule is CC(C)CCOCCN1C(=O)C=CC1=O.C[C@H](O)C(=O)N(CC1CNCC1F)C(c1nc(-c2cc(F)ccc2F)cn1Cc1ccccc1)C(C)(C)CCOC(=O)NC(C)(C)CO. The number of aliphatic hydroxyl groups excluding tert-OH is 2. The average Bonchev–Trinajstić information content (AvgIpc) is 3.92. The van der Waals surface area contributed by atoms with Gasteiger partial charge in [0.25, 0.3) is 17.7 Å². The van der Waals surface area contributed by atoms with Gasteiger partial charge < -0.3 is 39.8 Å². The Hall–Kier alpha value is -5.10. The highest BCUT2D eigenvalue weighted by Gasteiger charge is 2.44. The number of aliphatic hydroxyl groups is 2. The van der Waals surface area contributed by atoms with Gasteiger partial charge in [-0.05, 0) is 68.7 Å². The average molecular weight is 885 g/mol. The van der Waals surface area contributed by atoms with Gasteiger partial charge >= 0.3 is 6.09 Å². The van der Waals surface area contributed by atoms with Crippen LogP contribution in [0, 0.1) is 28.9 Å². The molecule has 14 nitrogen and oxygen atoms in total. The topological polar surface area (TPSA) is 176 Å². The molecule has 0 aliphatic carbocycles. The van der Waals surface area contributed by atoms with Gasteiger partial charge in [-0.3, -0.25) is 19.3 Å². The van der Waals surface area contributed by atoms with E-state index in [0.717, 1.165) is 30.2 Å². The lowest BCUT2D eigenvalue weighted by molar-refractivity contribution is -0.146. The summed E-state index contributed by atoms with van der Waals surface area (Å²) < 4.78 is 57.1. The number of ether oxygens (including phenoxy) is 2. The molecule has 17 heteroatoms. The molecular formula is C46H63F3N6O8. The van der Waals surface area contributed by atoms with Crippen molar-refractivity contribution in [3.05, 3.63) is 89.9 Å². The van der Waals surface area contributed by atoms with Gasteiger partial charge in [-0.25, -0.2) is 22.9 Å². The van der Waals surface area contributed by atoms with Crippen molar-refractivity contribution in [3.63, 3.8) is 0 Å². The third-order valence-corrected chi connectivity index (χ3v) is 10.8. The Morgan fingerprint density at radius 3 is 2.29 bits per heavy atom. The second-order valence-electron chi connectivity index (χ2n) is 17.7. The van der Waals surface area contributed by atoms with Crippen molar-refractivity contribution >= 4 is 23.8 Å². The second kappa shape index (κ2) is 23.0. The number of aromatic nitrogens is 2. The number of carbonyl (C=O) groups excluding carboxylic acids is 4. The van der Waals surface area contributed by atoms with Crippen LogP contribution in [0.1, 0.15) is 78.7 Å². The van der Waals surface area contributed by atoms with Gasteiger partial charge in [0.2, 0.25) is 0 Å². The molecule has 4 atom stereocenters. The Balaban J connectivity index is 0.000000490. The van der Waals surface area contributed by atoms with E-state index in [2.05, 4.69) is 24.5 Å². The summed E-state index contributed by atoms with van der Waals surface area (Å²) in [4.78, 5) is 56.1. The van der Waals surface area contributed by atoms with Gasteiger partial charge in [0.1, 0.15) is 29.7 Å². The van der Waals surface area contributed by atoms with Crippen LogP contribution < -0.4 is 10.6 Å². The van der Waals surface area contributed by atoms with Gasteiger partial charge in [-0.15, -0.1) is 0 Å². The molecule has 63 heavy (non-hydrogen) atoms. The number of imide groups is 1. The fourth-order valence-electron chi connectivity index (χ4n) is 7.11. The first-order valence-electron chi connectivity index (χ1n) is 21.3. The minimum Gasteiger partial charge on any atom is -0.450 e. The quantitative estimate of drug-likeness (QED) is 0.0830. The van der Waals surface area contributed by atoms with Gasteiger partial charge in [0.15, 0.2) is 0 Å². The van der Waals surface area contributed by atoms with E-state index in [1.54, 1.807) is 24.6 Å². The number of imidazole rings is 1. The van der Waals surface area contributed by atoms with Crippen LogP contribution in [0.4, 0.5) is 18.0 Å². The van der Waals surface area contributed by atoms with Crippen LogP contribution in [0.5, 0.6) is 0 Å². The highest BCUT2D eigenvalue weighted by atomic mass is 19.1.